The third kappa shape index (κ3) is 2.30. The SMILES string of the molecule is Cc1ccccc1C(=O)Cc1nccs1. The molecular formula is C12H11NOS. The molecule has 3 heteroatoms. The Hall–Kier alpha value is -1.48. The van der Waals surface area contributed by atoms with Gasteiger partial charge in [-0.25, -0.2) is 4.98 Å². The molecule has 0 atom stereocenters. The molecule has 1 aromatic carbocycles. The molecule has 0 bridgehead atoms. The summed E-state index contributed by atoms with van der Waals surface area (Å²) in [6, 6.07) is 7.65. The molecule has 2 nitrogen and oxygen atoms in total. The van der Waals surface area contributed by atoms with Crippen LogP contribution < -0.4 is 0 Å². The Morgan fingerprint density at radius 1 is 1.40 bits per heavy atom. The number of carbonyl (C=O) groups excluding carboxylic acids is 1. The number of ketones is 1. The average molecular weight is 217 g/mol. The second kappa shape index (κ2) is 4.36. The quantitative estimate of drug-likeness (QED) is 0.740. The summed E-state index contributed by atoms with van der Waals surface area (Å²) >= 11 is 1.52. The van der Waals surface area contributed by atoms with Crippen molar-refractivity contribution in [1.29, 1.82) is 0 Å². The zero-order valence-electron chi connectivity index (χ0n) is 8.43. The summed E-state index contributed by atoms with van der Waals surface area (Å²) in [5.74, 6) is 0.142. The van der Waals surface area contributed by atoms with Crippen LogP contribution in [0.5, 0.6) is 0 Å². The lowest BCUT2D eigenvalue weighted by Gasteiger charge is -2.02. The van der Waals surface area contributed by atoms with Gasteiger partial charge in [0.2, 0.25) is 0 Å². The maximum Gasteiger partial charge on any atom is 0.169 e. The van der Waals surface area contributed by atoms with Crippen molar-refractivity contribution in [2.75, 3.05) is 0 Å². The molecule has 1 heterocycles. The highest BCUT2D eigenvalue weighted by Gasteiger charge is 2.10. The fraction of sp³-hybridized carbons (Fsp3) is 0.167. The zero-order valence-corrected chi connectivity index (χ0v) is 9.25. The van der Waals surface area contributed by atoms with Gasteiger partial charge in [-0.2, -0.15) is 0 Å². The Bertz CT molecular complexity index is 462. The van der Waals surface area contributed by atoms with Crippen LogP contribution in [0, 0.1) is 6.92 Å². The number of Topliss-reactive ketones (excluding diaryl/α,β-unsaturated/α-hetero) is 1. The number of rotatable bonds is 3. The second-order valence-electron chi connectivity index (χ2n) is 3.34. The monoisotopic (exact) mass is 217 g/mol. The van der Waals surface area contributed by atoms with Gasteiger partial charge in [0, 0.05) is 17.1 Å². The van der Waals surface area contributed by atoms with E-state index < -0.39 is 0 Å². The smallest absolute Gasteiger partial charge is 0.169 e. The number of aryl methyl sites for hydroxylation is 1. The van der Waals surface area contributed by atoms with E-state index in [4.69, 9.17) is 0 Å². The maximum absolute atomic E-state index is 11.9. The highest BCUT2D eigenvalue weighted by molar-refractivity contribution is 7.09. The topological polar surface area (TPSA) is 30.0 Å². The van der Waals surface area contributed by atoms with Crippen LogP contribution in [0.2, 0.25) is 0 Å². The predicted octanol–water partition coefficient (Wildman–Crippen LogP) is 2.88. The molecule has 0 unspecified atom stereocenters. The van der Waals surface area contributed by atoms with Gasteiger partial charge in [-0.1, -0.05) is 24.3 Å². The highest BCUT2D eigenvalue weighted by atomic mass is 32.1. The van der Waals surface area contributed by atoms with E-state index in [0.29, 0.717) is 6.42 Å². The summed E-state index contributed by atoms with van der Waals surface area (Å²) < 4.78 is 0. The van der Waals surface area contributed by atoms with E-state index in [2.05, 4.69) is 4.98 Å². The standard InChI is InChI=1S/C12H11NOS/c1-9-4-2-3-5-10(9)11(14)8-12-13-6-7-15-12/h2-7H,8H2,1H3. The van der Waals surface area contributed by atoms with Gasteiger partial charge in [-0.3, -0.25) is 4.79 Å². The normalized spacial score (nSPS) is 10.2. The fourth-order valence-corrected chi connectivity index (χ4v) is 2.07. The summed E-state index contributed by atoms with van der Waals surface area (Å²) in [6.45, 7) is 1.95. The van der Waals surface area contributed by atoms with Crippen molar-refractivity contribution in [2.45, 2.75) is 13.3 Å². The number of hydrogen-bond acceptors (Lipinski definition) is 3. The molecule has 15 heavy (non-hydrogen) atoms. The van der Waals surface area contributed by atoms with Crippen molar-refractivity contribution >= 4 is 17.1 Å². The van der Waals surface area contributed by atoms with Gasteiger partial charge in [-0.05, 0) is 12.5 Å². The van der Waals surface area contributed by atoms with Gasteiger partial charge in [-0.15, -0.1) is 11.3 Å². The average Bonchev–Trinajstić information content (AvgIpc) is 2.71. The van der Waals surface area contributed by atoms with E-state index in [0.717, 1.165) is 16.1 Å². The molecule has 0 fully saturated rings. The van der Waals surface area contributed by atoms with Crippen LogP contribution in [-0.4, -0.2) is 10.8 Å². The summed E-state index contributed by atoms with van der Waals surface area (Å²) in [7, 11) is 0. The van der Waals surface area contributed by atoms with Crippen molar-refractivity contribution in [3.63, 3.8) is 0 Å². The third-order valence-electron chi connectivity index (χ3n) is 2.24. The molecular weight excluding hydrogens is 206 g/mol. The zero-order chi connectivity index (χ0) is 10.7. The third-order valence-corrected chi connectivity index (χ3v) is 3.02. The van der Waals surface area contributed by atoms with Gasteiger partial charge in [0.25, 0.3) is 0 Å². The molecule has 2 aromatic rings. The van der Waals surface area contributed by atoms with Crippen molar-refractivity contribution in [2.24, 2.45) is 0 Å². The van der Waals surface area contributed by atoms with E-state index in [1.54, 1.807) is 6.20 Å². The van der Waals surface area contributed by atoms with Crippen LogP contribution in [0.3, 0.4) is 0 Å². The van der Waals surface area contributed by atoms with E-state index in [1.807, 2.05) is 36.6 Å². The first-order valence-electron chi connectivity index (χ1n) is 4.74. The van der Waals surface area contributed by atoms with Crippen molar-refractivity contribution in [1.82, 2.24) is 4.98 Å². The molecule has 0 saturated heterocycles. The Morgan fingerprint density at radius 3 is 2.87 bits per heavy atom. The Kier molecular flexibility index (Phi) is 2.92. The van der Waals surface area contributed by atoms with Gasteiger partial charge < -0.3 is 0 Å². The molecule has 0 aliphatic carbocycles. The summed E-state index contributed by atoms with van der Waals surface area (Å²) in [5.41, 5.74) is 1.83. The minimum Gasteiger partial charge on any atom is -0.294 e. The number of thiazole rings is 1. The van der Waals surface area contributed by atoms with E-state index in [9.17, 15) is 4.79 Å². The molecule has 0 radical (unpaired) electrons. The van der Waals surface area contributed by atoms with Crippen LogP contribution in [-0.2, 0) is 6.42 Å². The minimum absolute atomic E-state index is 0.142. The Balaban J connectivity index is 2.19. The molecule has 0 aliphatic heterocycles. The van der Waals surface area contributed by atoms with E-state index in [-0.39, 0.29) is 5.78 Å². The molecule has 1 aromatic heterocycles. The molecule has 0 aliphatic rings. The number of benzene rings is 1. The van der Waals surface area contributed by atoms with E-state index >= 15 is 0 Å². The first-order chi connectivity index (χ1) is 7.27. The largest absolute Gasteiger partial charge is 0.294 e. The highest BCUT2D eigenvalue weighted by Crippen LogP contribution is 2.12. The predicted molar refractivity (Wildman–Crippen MR) is 61.3 cm³/mol. The number of aromatic nitrogens is 1. The molecule has 0 spiro atoms. The lowest BCUT2D eigenvalue weighted by atomic mass is 10.0. The van der Waals surface area contributed by atoms with Gasteiger partial charge in [0.15, 0.2) is 5.78 Å². The summed E-state index contributed by atoms with van der Waals surface area (Å²) in [6.07, 6.45) is 2.13. The van der Waals surface area contributed by atoms with Crippen molar-refractivity contribution in [3.05, 3.63) is 52.0 Å². The van der Waals surface area contributed by atoms with Crippen LogP contribution in [0.1, 0.15) is 20.9 Å². The number of carbonyl (C=O) groups is 1. The molecule has 0 amide bonds. The molecule has 0 N–H and O–H groups in total. The molecule has 76 valence electrons. The van der Waals surface area contributed by atoms with Crippen LogP contribution in [0.25, 0.3) is 0 Å². The number of hydrogen-bond donors (Lipinski definition) is 0. The molecule has 0 saturated carbocycles. The maximum atomic E-state index is 11.9. The Morgan fingerprint density at radius 2 is 2.20 bits per heavy atom. The molecule has 2 rings (SSSR count). The van der Waals surface area contributed by atoms with Crippen LogP contribution in [0.15, 0.2) is 35.8 Å². The summed E-state index contributed by atoms with van der Waals surface area (Å²) in [4.78, 5) is 16.0. The van der Waals surface area contributed by atoms with Crippen LogP contribution in [0.4, 0.5) is 0 Å². The number of nitrogens with zero attached hydrogens (tertiary/aromatic N) is 1. The minimum atomic E-state index is 0.142. The fourth-order valence-electron chi connectivity index (χ4n) is 1.46. The Labute approximate surface area is 92.6 Å². The van der Waals surface area contributed by atoms with Gasteiger partial charge in [0.1, 0.15) is 5.01 Å². The lowest BCUT2D eigenvalue weighted by molar-refractivity contribution is 0.0992. The summed E-state index contributed by atoms with van der Waals surface area (Å²) in [5, 5.41) is 2.77. The van der Waals surface area contributed by atoms with Crippen molar-refractivity contribution < 1.29 is 4.79 Å². The first kappa shape index (κ1) is 10.1. The first-order valence-corrected chi connectivity index (χ1v) is 5.62. The second-order valence-corrected chi connectivity index (χ2v) is 4.32. The lowest BCUT2D eigenvalue weighted by Crippen LogP contribution is -2.04. The van der Waals surface area contributed by atoms with E-state index in [1.165, 1.54) is 11.3 Å². The van der Waals surface area contributed by atoms with Crippen molar-refractivity contribution in [3.8, 4) is 0 Å². The van der Waals surface area contributed by atoms with Gasteiger partial charge >= 0.3 is 0 Å². The van der Waals surface area contributed by atoms with Gasteiger partial charge in [0.05, 0.1) is 6.42 Å². The van der Waals surface area contributed by atoms with Crippen LogP contribution >= 0.6 is 11.3 Å².